The van der Waals surface area contributed by atoms with Crippen LogP contribution in [0.3, 0.4) is 0 Å². The minimum absolute atomic E-state index is 0.101. The fourth-order valence-corrected chi connectivity index (χ4v) is 5.63. The summed E-state index contributed by atoms with van der Waals surface area (Å²) in [6.45, 7) is 3.13. The maximum Gasteiger partial charge on any atom is 0.226 e. The van der Waals surface area contributed by atoms with E-state index in [2.05, 4.69) is 22.0 Å². The number of methoxy groups -OCH3 is 1. The Morgan fingerprint density at radius 3 is 2.51 bits per heavy atom. The highest BCUT2D eigenvalue weighted by Crippen LogP contribution is 2.31. The molecule has 0 saturated heterocycles. The van der Waals surface area contributed by atoms with Crippen LogP contribution in [0.25, 0.3) is 22.8 Å². The van der Waals surface area contributed by atoms with Crippen molar-refractivity contribution in [1.29, 1.82) is 0 Å². The molecule has 0 aliphatic heterocycles. The first-order chi connectivity index (χ1) is 19.0. The van der Waals surface area contributed by atoms with Gasteiger partial charge in [-0.3, -0.25) is 9.78 Å². The molecule has 2 aromatic carbocycles. The molecule has 1 aliphatic rings. The molecule has 1 aliphatic carbocycles. The molecule has 0 bridgehead atoms. The Hall–Kier alpha value is -3.71. The second-order valence-electron chi connectivity index (χ2n) is 10.1. The Bertz CT molecular complexity index is 1390. The smallest absolute Gasteiger partial charge is 0.226 e. The van der Waals surface area contributed by atoms with Gasteiger partial charge in [-0.05, 0) is 55.2 Å². The molecule has 1 fully saturated rings. The fourth-order valence-electron chi connectivity index (χ4n) is 5.37. The molecular weight excluding hydrogens is 510 g/mol. The van der Waals surface area contributed by atoms with Crippen molar-refractivity contribution >= 4 is 17.5 Å². The summed E-state index contributed by atoms with van der Waals surface area (Å²) in [5, 5.41) is 5.37. The van der Waals surface area contributed by atoms with Gasteiger partial charge in [-0.1, -0.05) is 61.7 Å². The Morgan fingerprint density at radius 2 is 1.82 bits per heavy atom. The summed E-state index contributed by atoms with van der Waals surface area (Å²) in [5.74, 6) is 2.01. The Kier molecular flexibility index (Phi) is 8.57. The van der Waals surface area contributed by atoms with E-state index in [-0.39, 0.29) is 17.9 Å². The summed E-state index contributed by atoms with van der Waals surface area (Å²) in [5.41, 5.74) is 2.90. The molecule has 2 aromatic heterocycles. The molecule has 0 radical (unpaired) electrons. The number of hydrogen-bond donors (Lipinski definition) is 0. The van der Waals surface area contributed by atoms with Crippen LogP contribution < -0.4 is 4.74 Å². The molecule has 8 heteroatoms. The molecule has 202 valence electrons. The Balaban J connectivity index is 1.42. The zero-order valence-electron chi connectivity index (χ0n) is 22.5. The standard InChI is InChI=1S/C31H34ClN5O2/c1-22(20-23-8-4-3-5-9-23)31(38)36(26-10-6-7-11-26)18-19-37-30(25-12-13-28(39-2)27(32)21-25)34-29(35-37)24-14-16-33-17-15-24/h3-5,8-9,12-17,21-22,26H,6-7,10-11,18-20H2,1-2H3. The molecule has 2 heterocycles. The van der Waals surface area contributed by atoms with Gasteiger partial charge < -0.3 is 9.64 Å². The van der Waals surface area contributed by atoms with E-state index in [1.54, 1.807) is 19.5 Å². The third-order valence-corrected chi connectivity index (χ3v) is 7.72. The Labute approximate surface area is 234 Å². The summed E-state index contributed by atoms with van der Waals surface area (Å²) >= 11 is 6.47. The monoisotopic (exact) mass is 543 g/mol. The fraction of sp³-hybridized carbons (Fsp3) is 0.355. The third kappa shape index (κ3) is 6.31. The molecular formula is C31H34ClN5O2. The van der Waals surface area contributed by atoms with Gasteiger partial charge in [-0.25, -0.2) is 9.67 Å². The number of aromatic nitrogens is 4. The number of rotatable bonds is 10. The molecule has 39 heavy (non-hydrogen) atoms. The van der Waals surface area contributed by atoms with Crippen LogP contribution in [-0.4, -0.2) is 50.3 Å². The van der Waals surface area contributed by atoms with E-state index in [1.807, 2.05) is 60.1 Å². The maximum atomic E-state index is 13.8. The van der Waals surface area contributed by atoms with Crippen LogP contribution in [0.5, 0.6) is 5.75 Å². The van der Waals surface area contributed by atoms with Gasteiger partial charge in [-0.15, -0.1) is 0 Å². The summed E-state index contributed by atoms with van der Waals surface area (Å²) < 4.78 is 7.24. The highest BCUT2D eigenvalue weighted by atomic mass is 35.5. The number of hydrogen-bond acceptors (Lipinski definition) is 5. The third-order valence-electron chi connectivity index (χ3n) is 7.43. The Morgan fingerprint density at radius 1 is 1.08 bits per heavy atom. The predicted octanol–water partition coefficient (Wildman–Crippen LogP) is 6.32. The van der Waals surface area contributed by atoms with Crippen LogP contribution in [-0.2, 0) is 17.8 Å². The van der Waals surface area contributed by atoms with Crippen molar-refractivity contribution in [1.82, 2.24) is 24.6 Å². The number of ether oxygens (including phenoxy) is 1. The maximum absolute atomic E-state index is 13.8. The average molecular weight is 544 g/mol. The molecule has 1 amide bonds. The molecule has 1 atom stereocenters. The van der Waals surface area contributed by atoms with Crippen LogP contribution >= 0.6 is 11.6 Å². The predicted molar refractivity (Wildman–Crippen MR) is 154 cm³/mol. The van der Waals surface area contributed by atoms with Gasteiger partial charge in [0.05, 0.1) is 18.7 Å². The average Bonchev–Trinajstić information content (AvgIpc) is 3.65. The van der Waals surface area contributed by atoms with Gasteiger partial charge in [0.1, 0.15) is 5.75 Å². The molecule has 1 saturated carbocycles. The number of pyridine rings is 1. The lowest BCUT2D eigenvalue weighted by Crippen LogP contribution is -2.44. The largest absolute Gasteiger partial charge is 0.495 e. The van der Waals surface area contributed by atoms with Crippen molar-refractivity contribution in [3.63, 3.8) is 0 Å². The lowest BCUT2D eigenvalue weighted by Gasteiger charge is -2.31. The number of carbonyl (C=O) groups is 1. The minimum Gasteiger partial charge on any atom is -0.495 e. The van der Waals surface area contributed by atoms with Crippen molar-refractivity contribution in [3.8, 4) is 28.5 Å². The van der Waals surface area contributed by atoms with Crippen molar-refractivity contribution < 1.29 is 9.53 Å². The topological polar surface area (TPSA) is 73.1 Å². The van der Waals surface area contributed by atoms with Crippen molar-refractivity contribution in [2.75, 3.05) is 13.7 Å². The SMILES string of the molecule is COc1ccc(-c2nc(-c3ccncc3)nn2CCN(C(=O)C(C)Cc2ccccc2)C2CCCC2)cc1Cl. The van der Waals surface area contributed by atoms with Gasteiger partial charge in [-0.2, -0.15) is 5.10 Å². The first-order valence-electron chi connectivity index (χ1n) is 13.6. The number of halogens is 1. The highest BCUT2D eigenvalue weighted by molar-refractivity contribution is 6.32. The number of nitrogens with zero attached hydrogens (tertiary/aromatic N) is 5. The lowest BCUT2D eigenvalue weighted by atomic mass is 9.99. The quantitative estimate of drug-likeness (QED) is 0.234. The van der Waals surface area contributed by atoms with Crippen LogP contribution in [0.2, 0.25) is 5.02 Å². The van der Waals surface area contributed by atoms with E-state index in [9.17, 15) is 4.79 Å². The zero-order chi connectivity index (χ0) is 27.2. The van der Waals surface area contributed by atoms with E-state index in [0.717, 1.165) is 43.2 Å². The number of amides is 1. The van der Waals surface area contributed by atoms with E-state index < -0.39 is 0 Å². The summed E-state index contributed by atoms with van der Waals surface area (Å²) in [4.78, 5) is 24.9. The molecule has 7 nitrogen and oxygen atoms in total. The van der Waals surface area contributed by atoms with Gasteiger partial charge >= 0.3 is 0 Å². The van der Waals surface area contributed by atoms with Crippen molar-refractivity contribution in [2.24, 2.45) is 5.92 Å². The number of carbonyl (C=O) groups excluding carboxylic acids is 1. The van der Waals surface area contributed by atoms with Crippen LogP contribution in [0, 0.1) is 5.92 Å². The van der Waals surface area contributed by atoms with Crippen LogP contribution in [0.1, 0.15) is 38.2 Å². The molecule has 1 unspecified atom stereocenters. The molecule has 0 N–H and O–H groups in total. The van der Waals surface area contributed by atoms with Crippen LogP contribution in [0.4, 0.5) is 0 Å². The second kappa shape index (κ2) is 12.4. The first kappa shape index (κ1) is 26.9. The van der Waals surface area contributed by atoms with Gasteiger partial charge in [0, 0.05) is 42.0 Å². The summed E-state index contributed by atoms with van der Waals surface area (Å²) in [6, 6.07) is 19.9. The van der Waals surface area contributed by atoms with E-state index in [4.69, 9.17) is 26.4 Å². The van der Waals surface area contributed by atoms with Crippen molar-refractivity contribution in [3.05, 3.63) is 83.6 Å². The van der Waals surface area contributed by atoms with Gasteiger partial charge in [0.25, 0.3) is 0 Å². The van der Waals surface area contributed by atoms with E-state index >= 15 is 0 Å². The van der Waals surface area contributed by atoms with E-state index in [0.29, 0.717) is 35.5 Å². The zero-order valence-corrected chi connectivity index (χ0v) is 23.2. The van der Waals surface area contributed by atoms with Crippen molar-refractivity contribution in [2.45, 2.75) is 51.6 Å². The van der Waals surface area contributed by atoms with Crippen LogP contribution in [0.15, 0.2) is 73.1 Å². The lowest BCUT2D eigenvalue weighted by molar-refractivity contribution is -0.137. The summed E-state index contributed by atoms with van der Waals surface area (Å²) in [7, 11) is 1.60. The molecule has 0 spiro atoms. The molecule has 5 rings (SSSR count). The van der Waals surface area contributed by atoms with E-state index in [1.165, 1.54) is 5.56 Å². The van der Waals surface area contributed by atoms with Gasteiger partial charge in [0.2, 0.25) is 5.91 Å². The normalized spacial score (nSPS) is 14.3. The molecule has 4 aromatic rings. The summed E-state index contributed by atoms with van der Waals surface area (Å²) in [6.07, 6.45) is 8.60. The second-order valence-corrected chi connectivity index (χ2v) is 10.5. The number of benzene rings is 2. The minimum atomic E-state index is -0.101. The van der Waals surface area contributed by atoms with Gasteiger partial charge in [0.15, 0.2) is 11.6 Å². The highest BCUT2D eigenvalue weighted by Gasteiger charge is 2.30. The first-order valence-corrected chi connectivity index (χ1v) is 13.9.